The van der Waals surface area contributed by atoms with Crippen molar-refractivity contribution in [3.05, 3.63) is 34.9 Å². The summed E-state index contributed by atoms with van der Waals surface area (Å²) in [6.07, 6.45) is 0.580. The van der Waals surface area contributed by atoms with Gasteiger partial charge in [-0.15, -0.1) is 0 Å². The predicted octanol–water partition coefficient (Wildman–Crippen LogP) is 1.84. The molecule has 4 heteroatoms. The Labute approximate surface area is 133 Å². The number of hydrogen-bond donors (Lipinski definition) is 3. The zero-order valence-electron chi connectivity index (χ0n) is 14.2. The van der Waals surface area contributed by atoms with Crippen molar-refractivity contribution in [3.63, 3.8) is 0 Å². The van der Waals surface area contributed by atoms with Gasteiger partial charge in [-0.25, -0.2) is 0 Å². The maximum Gasteiger partial charge on any atom is 0.241 e. The molecule has 1 aromatic rings. The molecule has 1 amide bonds. The molecule has 1 aliphatic carbocycles. The Morgan fingerprint density at radius 1 is 1.45 bits per heavy atom. The summed E-state index contributed by atoms with van der Waals surface area (Å²) in [5.74, 6) is -0.167. The third kappa shape index (κ3) is 2.77. The Morgan fingerprint density at radius 3 is 2.59 bits per heavy atom. The maximum absolute atomic E-state index is 12.5. The number of carbonyl (C=O) groups excluding carboxylic acids is 1. The average Bonchev–Trinajstić information content (AvgIpc) is 2.41. The van der Waals surface area contributed by atoms with Crippen LogP contribution in [0.2, 0.25) is 0 Å². The van der Waals surface area contributed by atoms with E-state index in [0.29, 0.717) is 6.42 Å². The van der Waals surface area contributed by atoms with Crippen LogP contribution in [0.5, 0.6) is 0 Å². The topological polar surface area (TPSA) is 75.4 Å². The van der Waals surface area contributed by atoms with E-state index >= 15 is 0 Å². The molecule has 122 valence electrons. The number of carbonyl (C=O) groups is 1. The third-order valence-corrected chi connectivity index (χ3v) is 5.31. The van der Waals surface area contributed by atoms with Crippen LogP contribution in [0.15, 0.2) is 18.2 Å². The van der Waals surface area contributed by atoms with Crippen molar-refractivity contribution >= 4 is 5.91 Å². The molecule has 0 spiro atoms. The first-order valence-corrected chi connectivity index (χ1v) is 7.92. The zero-order chi connectivity index (χ0) is 16.7. The standard InChI is InChI=1S/C18H28N2O2/c1-11-6-7-14(12(2)8-11)9-13(3)20-16(22)18(19)10-15(21)17(18,4)5/h6-8,13,15,21H,9-10,19H2,1-5H3,(H,20,22)/t13?,15-,18-/m0/s1. The van der Waals surface area contributed by atoms with Gasteiger partial charge in [-0.1, -0.05) is 37.6 Å². The molecule has 1 unspecified atom stereocenters. The second-order valence-electron chi connectivity index (χ2n) is 7.42. The van der Waals surface area contributed by atoms with Crippen molar-refractivity contribution in [3.8, 4) is 0 Å². The molecule has 4 nitrogen and oxygen atoms in total. The molecular formula is C18H28N2O2. The molecule has 0 saturated heterocycles. The summed E-state index contributed by atoms with van der Waals surface area (Å²) in [7, 11) is 0. The Balaban J connectivity index is 2.00. The summed E-state index contributed by atoms with van der Waals surface area (Å²) in [6.45, 7) is 9.84. The van der Waals surface area contributed by atoms with E-state index in [9.17, 15) is 9.90 Å². The highest BCUT2D eigenvalue weighted by Crippen LogP contribution is 2.48. The molecule has 3 atom stereocenters. The normalized spacial score (nSPS) is 27.9. The Morgan fingerprint density at radius 2 is 2.09 bits per heavy atom. The first-order chi connectivity index (χ1) is 10.1. The summed E-state index contributed by atoms with van der Waals surface area (Å²) >= 11 is 0. The van der Waals surface area contributed by atoms with Crippen molar-refractivity contribution in [2.45, 2.75) is 65.1 Å². The number of amides is 1. The molecule has 1 fully saturated rings. The minimum Gasteiger partial charge on any atom is -0.392 e. The van der Waals surface area contributed by atoms with Gasteiger partial charge >= 0.3 is 0 Å². The van der Waals surface area contributed by atoms with Crippen LogP contribution in [0.25, 0.3) is 0 Å². The van der Waals surface area contributed by atoms with Gasteiger partial charge in [0.2, 0.25) is 5.91 Å². The van der Waals surface area contributed by atoms with E-state index in [1.54, 1.807) is 0 Å². The van der Waals surface area contributed by atoms with Gasteiger partial charge in [0, 0.05) is 17.9 Å². The van der Waals surface area contributed by atoms with Crippen LogP contribution in [0.3, 0.4) is 0 Å². The Hall–Kier alpha value is -1.39. The van der Waals surface area contributed by atoms with E-state index in [1.165, 1.54) is 16.7 Å². The molecule has 1 aromatic carbocycles. The fourth-order valence-electron chi connectivity index (χ4n) is 3.18. The lowest BCUT2D eigenvalue weighted by Gasteiger charge is -2.56. The molecule has 0 aliphatic heterocycles. The smallest absolute Gasteiger partial charge is 0.241 e. The van der Waals surface area contributed by atoms with E-state index in [0.717, 1.165) is 6.42 Å². The van der Waals surface area contributed by atoms with Gasteiger partial charge in [-0.3, -0.25) is 4.79 Å². The van der Waals surface area contributed by atoms with E-state index in [-0.39, 0.29) is 11.9 Å². The van der Waals surface area contributed by atoms with E-state index in [1.807, 2.05) is 20.8 Å². The lowest BCUT2D eigenvalue weighted by Crippen LogP contribution is -2.75. The second kappa shape index (κ2) is 5.67. The lowest BCUT2D eigenvalue weighted by molar-refractivity contribution is -0.159. The van der Waals surface area contributed by atoms with Crippen molar-refractivity contribution in [1.82, 2.24) is 5.32 Å². The first kappa shape index (κ1) is 17.0. The SMILES string of the molecule is Cc1ccc(CC(C)NC(=O)[C@@]2(N)C[C@H](O)C2(C)C)c(C)c1. The highest BCUT2D eigenvalue weighted by atomic mass is 16.3. The zero-order valence-corrected chi connectivity index (χ0v) is 14.2. The first-order valence-electron chi connectivity index (χ1n) is 7.92. The minimum atomic E-state index is -0.983. The predicted molar refractivity (Wildman–Crippen MR) is 88.5 cm³/mol. The van der Waals surface area contributed by atoms with E-state index < -0.39 is 17.1 Å². The highest BCUT2D eigenvalue weighted by molar-refractivity contribution is 5.89. The molecule has 0 aromatic heterocycles. The van der Waals surface area contributed by atoms with Gasteiger partial charge in [-0.2, -0.15) is 0 Å². The quantitative estimate of drug-likeness (QED) is 0.794. The van der Waals surface area contributed by atoms with Crippen LogP contribution < -0.4 is 11.1 Å². The van der Waals surface area contributed by atoms with Crippen LogP contribution in [0.4, 0.5) is 0 Å². The van der Waals surface area contributed by atoms with Crippen molar-refractivity contribution in [2.75, 3.05) is 0 Å². The van der Waals surface area contributed by atoms with Gasteiger partial charge in [-0.05, 0) is 38.3 Å². The number of aliphatic hydroxyl groups excluding tert-OH is 1. The number of benzene rings is 1. The molecule has 4 N–H and O–H groups in total. The number of nitrogens with one attached hydrogen (secondary N) is 1. The Kier molecular flexibility index (Phi) is 4.37. The van der Waals surface area contributed by atoms with Gasteiger partial charge < -0.3 is 16.2 Å². The van der Waals surface area contributed by atoms with Crippen LogP contribution in [-0.4, -0.2) is 28.7 Å². The van der Waals surface area contributed by atoms with Gasteiger partial charge in [0.05, 0.1) is 6.10 Å². The Bertz CT molecular complexity index is 582. The molecule has 1 saturated carbocycles. The molecule has 1 aliphatic rings. The number of hydrogen-bond acceptors (Lipinski definition) is 3. The maximum atomic E-state index is 12.5. The molecule has 2 rings (SSSR count). The fraction of sp³-hybridized carbons (Fsp3) is 0.611. The van der Waals surface area contributed by atoms with Crippen LogP contribution in [0.1, 0.15) is 43.9 Å². The third-order valence-electron chi connectivity index (χ3n) is 5.31. The summed E-state index contributed by atoms with van der Waals surface area (Å²) in [6, 6.07) is 6.36. The van der Waals surface area contributed by atoms with Gasteiger partial charge in [0.25, 0.3) is 0 Å². The largest absolute Gasteiger partial charge is 0.392 e. The number of nitrogens with two attached hydrogens (primary N) is 1. The van der Waals surface area contributed by atoms with Crippen molar-refractivity contribution in [1.29, 1.82) is 0 Å². The molecule has 0 heterocycles. The van der Waals surface area contributed by atoms with Gasteiger partial charge in [0.15, 0.2) is 0 Å². The van der Waals surface area contributed by atoms with Crippen molar-refractivity contribution in [2.24, 2.45) is 11.1 Å². The van der Waals surface area contributed by atoms with Crippen LogP contribution in [-0.2, 0) is 11.2 Å². The summed E-state index contributed by atoms with van der Waals surface area (Å²) in [5, 5.41) is 12.8. The van der Waals surface area contributed by atoms with E-state index in [2.05, 4.69) is 37.4 Å². The fourth-order valence-corrected chi connectivity index (χ4v) is 3.18. The molecule has 0 bridgehead atoms. The van der Waals surface area contributed by atoms with E-state index in [4.69, 9.17) is 5.73 Å². The van der Waals surface area contributed by atoms with Gasteiger partial charge in [0.1, 0.15) is 5.54 Å². The lowest BCUT2D eigenvalue weighted by atomic mass is 9.54. The number of aryl methyl sites for hydroxylation is 2. The summed E-state index contributed by atoms with van der Waals surface area (Å²) < 4.78 is 0. The minimum absolute atomic E-state index is 0.00266. The monoisotopic (exact) mass is 304 g/mol. The number of rotatable bonds is 4. The molecular weight excluding hydrogens is 276 g/mol. The summed E-state index contributed by atoms with van der Waals surface area (Å²) in [4.78, 5) is 12.5. The number of aliphatic hydroxyl groups is 1. The average molecular weight is 304 g/mol. The van der Waals surface area contributed by atoms with Crippen LogP contribution in [0, 0.1) is 19.3 Å². The highest BCUT2D eigenvalue weighted by Gasteiger charge is 2.61. The second-order valence-corrected chi connectivity index (χ2v) is 7.42. The molecule has 0 radical (unpaired) electrons. The van der Waals surface area contributed by atoms with Crippen LogP contribution >= 0.6 is 0 Å². The summed E-state index contributed by atoms with van der Waals surface area (Å²) in [5.41, 5.74) is 8.38. The van der Waals surface area contributed by atoms with Crippen molar-refractivity contribution < 1.29 is 9.90 Å². The molecule has 22 heavy (non-hydrogen) atoms.